The quantitative estimate of drug-likeness (QED) is 0.526. The molecule has 1 heterocycles. The second-order valence-corrected chi connectivity index (χ2v) is 8.70. The molecule has 0 spiro atoms. The maximum absolute atomic E-state index is 13.4. The van der Waals surface area contributed by atoms with E-state index in [0.717, 1.165) is 10.7 Å². The molecule has 0 bridgehead atoms. The van der Waals surface area contributed by atoms with Crippen LogP contribution in [0.25, 0.3) is 11.3 Å². The molecular weight excluding hydrogens is 461 g/mol. The third-order valence-corrected chi connectivity index (χ3v) is 5.31. The zero-order valence-corrected chi connectivity index (χ0v) is 16.6. The Morgan fingerprint density at radius 2 is 1.61 bits per heavy atom. The minimum absolute atomic E-state index is 0.00907. The molecule has 0 unspecified atom stereocenters. The van der Waals surface area contributed by atoms with Crippen molar-refractivity contribution in [3.05, 3.63) is 64.8 Å². The Labute approximate surface area is 167 Å². The third-order valence-electron chi connectivity index (χ3n) is 3.65. The van der Waals surface area contributed by atoms with Crippen molar-refractivity contribution < 1.29 is 26.3 Å². The monoisotopic (exact) mass is 472 g/mol. The Bertz CT molecular complexity index is 1100. The van der Waals surface area contributed by atoms with E-state index in [1.54, 1.807) is 24.3 Å². The molecule has 3 rings (SSSR count). The van der Waals surface area contributed by atoms with Gasteiger partial charge in [0.05, 0.1) is 10.6 Å². The Morgan fingerprint density at radius 1 is 1.00 bits per heavy atom. The zero-order valence-electron chi connectivity index (χ0n) is 14.2. The lowest BCUT2D eigenvalue weighted by Gasteiger charge is -2.13. The molecule has 0 atom stereocenters. The smallest absolute Gasteiger partial charge is 0.419 e. The van der Waals surface area contributed by atoms with Crippen molar-refractivity contribution in [2.75, 3.05) is 6.26 Å². The fourth-order valence-electron chi connectivity index (χ4n) is 2.31. The lowest BCUT2D eigenvalue weighted by atomic mass is 10.1. The number of ether oxygens (including phenoxy) is 1. The maximum atomic E-state index is 13.4. The number of benzene rings is 2. The van der Waals surface area contributed by atoms with Gasteiger partial charge in [0.1, 0.15) is 11.3 Å². The summed E-state index contributed by atoms with van der Waals surface area (Å²) in [4.78, 5) is 7.54. The molecule has 146 valence electrons. The first-order valence-corrected chi connectivity index (χ1v) is 10.4. The third kappa shape index (κ3) is 4.68. The standard InChI is InChI=1S/C18H12BrF3N2O3S/c1-28(25,26)14-8-2-11(3-9-14)16-15(18(20,21)22)10-23-17(24-16)27-13-6-4-12(19)5-7-13/h2-10H,1H3. The van der Waals surface area contributed by atoms with Gasteiger partial charge in [0.25, 0.3) is 0 Å². The minimum atomic E-state index is -4.69. The summed E-state index contributed by atoms with van der Waals surface area (Å²) in [5.41, 5.74) is -1.37. The first-order valence-electron chi connectivity index (χ1n) is 7.72. The number of sulfone groups is 1. The summed E-state index contributed by atoms with van der Waals surface area (Å²) < 4.78 is 69.5. The highest BCUT2D eigenvalue weighted by Gasteiger charge is 2.35. The van der Waals surface area contributed by atoms with Gasteiger partial charge in [0.2, 0.25) is 0 Å². The SMILES string of the molecule is CS(=O)(=O)c1ccc(-c2nc(Oc3ccc(Br)cc3)ncc2C(F)(F)F)cc1. The Kier molecular flexibility index (Phi) is 5.44. The normalized spacial score (nSPS) is 12.0. The maximum Gasteiger partial charge on any atom is 0.419 e. The van der Waals surface area contributed by atoms with Gasteiger partial charge in [-0.05, 0) is 36.4 Å². The summed E-state index contributed by atoms with van der Waals surface area (Å²) in [6.45, 7) is 0. The average molecular weight is 473 g/mol. The number of aromatic nitrogens is 2. The number of rotatable bonds is 4. The van der Waals surface area contributed by atoms with Crippen molar-refractivity contribution in [1.29, 1.82) is 0 Å². The van der Waals surface area contributed by atoms with E-state index in [2.05, 4.69) is 25.9 Å². The number of halogens is 4. The van der Waals surface area contributed by atoms with Crippen LogP contribution in [0.5, 0.6) is 11.8 Å². The van der Waals surface area contributed by atoms with Crippen molar-refractivity contribution in [2.45, 2.75) is 11.1 Å². The van der Waals surface area contributed by atoms with Crippen LogP contribution in [-0.2, 0) is 16.0 Å². The van der Waals surface area contributed by atoms with Crippen LogP contribution in [0, 0.1) is 0 Å². The largest absolute Gasteiger partial charge is 0.424 e. The van der Waals surface area contributed by atoms with Gasteiger partial charge in [-0.3, -0.25) is 0 Å². The topological polar surface area (TPSA) is 69.2 Å². The lowest BCUT2D eigenvalue weighted by molar-refractivity contribution is -0.137. The van der Waals surface area contributed by atoms with Crippen LogP contribution in [0.2, 0.25) is 0 Å². The molecule has 5 nitrogen and oxygen atoms in total. The van der Waals surface area contributed by atoms with Gasteiger partial charge in [0.15, 0.2) is 9.84 Å². The van der Waals surface area contributed by atoms with E-state index in [1.807, 2.05) is 0 Å². The molecule has 0 amide bonds. The molecule has 3 aromatic rings. The predicted molar refractivity (Wildman–Crippen MR) is 99.8 cm³/mol. The highest BCUT2D eigenvalue weighted by Crippen LogP contribution is 2.37. The highest BCUT2D eigenvalue weighted by atomic mass is 79.9. The Hall–Kier alpha value is -2.46. The van der Waals surface area contributed by atoms with Gasteiger partial charge in [-0.25, -0.2) is 13.4 Å². The summed E-state index contributed by atoms with van der Waals surface area (Å²) in [7, 11) is -3.48. The molecule has 10 heteroatoms. The van der Waals surface area contributed by atoms with Crippen molar-refractivity contribution >= 4 is 25.8 Å². The Morgan fingerprint density at radius 3 is 2.14 bits per heavy atom. The van der Waals surface area contributed by atoms with E-state index in [4.69, 9.17) is 4.74 Å². The van der Waals surface area contributed by atoms with Crippen LogP contribution in [0.4, 0.5) is 13.2 Å². The molecule has 0 saturated heterocycles. The number of nitrogens with zero attached hydrogens (tertiary/aromatic N) is 2. The van der Waals surface area contributed by atoms with Gasteiger partial charge in [-0.15, -0.1) is 0 Å². The molecule has 0 fully saturated rings. The molecular formula is C18H12BrF3N2O3S. The van der Waals surface area contributed by atoms with Crippen molar-refractivity contribution in [2.24, 2.45) is 0 Å². The van der Waals surface area contributed by atoms with Gasteiger partial charge in [-0.1, -0.05) is 28.1 Å². The van der Waals surface area contributed by atoms with E-state index < -0.39 is 27.3 Å². The van der Waals surface area contributed by atoms with Crippen molar-refractivity contribution in [1.82, 2.24) is 9.97 Å². The van der Waals surface area contributed by atoms with Crippen LogP contribution in [0.3, 0.4) is 0 Å². The van der Waals surface area contributed by atoms with Gasteiger partial charge >= 0.3 is 12.2 Å². The average Bonchev–Trinajstić information content (AvgIpc) is 2.62. The van der Waals surface area contributed by atoms with Gasteiger partial charge in [0, 0.05) is 22.5 Å². The molecule has 0 aliphatic rings. The summed E-state index contributed by atoms with van der Waals surface area (Å²) in [5.74, 6) is 0.348. The van der Waals surface area contributed by atoms with Crippen LogP contribution in [0.15, 0.2) is 64.1 Å². The molecule has 0 aliphatic carbocycles. The first kappa shape index (κ1) is 20.3. The molecule has 0 N–H and O–H groups in total. The fourth-order valence-corrected chi connectivity index (χ4v) is 3.21. The van der Waals surface area contributed by atoms with E-state index in [-0.39, 0.29) is 16.5 Å². The Balaban J connectivity index is 2.05. The van der Waals surface area contributed by atoms with Crippen LogP contribution >= 0.6 is 15.9 Å². The molecule has 28 heavy (non-hydrogen) atoms. The zero-order chi connectivity index (χ0) is 20.5. The van der Waals surface area contributed by atoms with E-state index in [0.29, 0.717) is 11.9 Å². The number of hydrogen-bond donors (Lipinski definition) is 0. The summed E-state index contributed by atoms with van der Waals surface area (Å²) in [6, 6.07) is 11.3. The van der Waals surface area contributed by atoms with Gasteiger partial charge in [-0.2, -0.15) is 18.2 Å². The van der Waals surface area contributed by atoms with Crippen molar-refractivity contribution in [3.63, 3.8) is 0 Å². The second kappa shape index (κ2) is 7.51. The van der Waals surface area contributed by atoms with Crippen molar-refractivity contribution in [3.8, 4) is 23.0 Å². The molecule has 2 aromatic carbocycles. The second-order valence-electron chi connectivity index (χ2n) is 5.77. The summed E-state index contributed by atoms with van der Waals surface area (Å²) in [6.07, 6.45) is -3.04. The van der Waals surface area contributed by atoms with Crippen LogP contribution < -0.4 is 4.74 Å². The molecule has 0 aliphatic heterocycles. The first-order chi connectivity index (χ1) is 13.0. The number of hydrogen-bond acceptors (Lipinski definition) is 5. The summed E-state index contributed by atoms with van der Waals surface area (Å²) in [5, 5.41) is 0. The van der Waals surface area contributed by atoms with Crippen LogP contribution in [-0.4, -0.2) is 24.6 Å². The van der Waals surface area contributed by atoms with E-state index >= 15 is 0 Å². The summed E-state index contributed by atoms with van der Waals surface area (Å²) >= 11 is 3.27. The number of alkyl halides is 3. The molecule has 1 aromatic heterocycles. The molecule has 0 saturated carbocycles. The molecule has 0 radical (unpaired) electrons. The lowest BCUT2D eigenvalue weighted by Crippen LogP contribution is -2.10. The predicted octanol–water partition coefficient (Wildman–Crippen LogP) is 5.12. The van der Waals surface area contributed by atoms with E-state index in [1.165, 1.54) is 24.3 Å². The minimum Gasteiger partial charge on any atom is -0.424 e. The van der Waals surface area contributed by atoms with Gasteiger partial charge < -0.3 is 4.74 Å². The van der Waals surface area contributed by atoms with E-state index in [9.17, 15) is 21.6 Å². The fraction of sp³-hybridized carbons (Fsp3) is 0.111. The van der Waals surface area contributed by atoms with Crippen LogP contribution in [0.1, 0.15) is 5.56 Å². The highest BCUT2D eigenvalue weighted by molar-refractivity contribution is 9.10.